The van der Waals surface area contributed by atoms with Crippen molar-refractivity contribution in [3.8, 4) is 0 Å². The van der Waals surface area contributed by atoms with Gasteiger partial charge in [-0.1, -0.05) is 47.5 Å². The second-order valence-corrected chi connectivity index (χ2v) is 5.16. The number of hydrogen-bond donors (Lipinski definition) is 1. The van der Waals surface area contributed by atoms with Crippen molar-refractivity contribution in [2.75, 3.05) is 11.9 Å². The Morgan fingerprint density at radius 1 is 1.00 bits per heavy atom. The van der Waals surface area contributed by atoms with Crippen LogP contribution in [0, 0.1) is 0 Å². The van der Waals surface area contributed by atoms with E-state index in [4.69, 9.17) is 27.9 Å². The van der Waals surface area contributed by atoms with Crippen LogP contribution in [0.5, 0.6) is 0 Å². The van der Waals surface area contributed by atoms with Crippen LogP contribution < -0.4 is 5.32 Å². The van der Waals surface area contributed by atoms with Gasteiger partial charge in [-0.15, -0.1) is 0 Å². The molecular weight excluding hydrogens is 293 g/mol. The van der Waals surface area contributed by atoms with Crippen LogP contribution in [0.25, 0.3) is 0 Å². The van der Waals surface area contributed by atoms with Crippen molar-refractivity contribution in [2.45, 2.75) is 20.1 Å². The van der Waals surface area contributed by atoms with Crippen molar-refractivity contribution in [3.63, 3.8) is 0 Å². The summed E-state index contributed by atoms with van der Waals surface area (Å²) in [5.74, 6) is 0. The van der Waals surface area contributed by atoms with Gasteiger partial charge in [0, 0.05) is 40.0 Å². The zero-order valence-electron chi connectivity index (χ0n) is 11.3. The minimum Gasteiger partial charge on any atom is -0.381 e. The van der Waals surface area contributed by atoms with Crippen LogP contribution in [0.3, 0.4) is 0 Å². The van der Waals surface area contributed by atoms with Crippen LogP contribution in [0.2, 0.25) is 10.0 Å². The zero-order chi connectivity index (χ0) is 14.4. The molecule has 0 atom stereocenters. The second-order valence-electron chi connectivity index (χ2n) is 4.35. The molecule has 0 heterocycles. The highest BCUT2D eigenvalue weighted by atomic mass is 35.5. The number of benzene rings is 2. The van der Waals surface area contributed by atoms with Crippen molar-refractivity contribution >= 4 is 28.9 Å². The largest absolute Gasteiger partial charge is 0.381 e. The molecule has 0 aliphatic rings. The molecule has 0 unspecified atom stereocenters. The molecule has 0 bridgehead atoms. The molecule has 0 amide bonds. The molecule has 0 saturated carbocycles. The van der Waals surface area contributed by atoms with Crippen LogP contribution in [-0.4, -0.2) is 6.61 Å². The first kappa shape index (κ1) is 15.2. The van der Waals surface area contributed by atoms with E-state index >= 15 is 0 Å². The van der Waals surface area contributed by atoms with Crippen molar-refractivity contribution in [1.82, 2.24) is 0 Å². The molecule has 0 aromatic heterocycles. The Morgan fingerprint density at radius 3 is 2.40 bits per heavy atom. The average molecular weight is 310 g/mol. The van der Waals surface area contributed by atoms with Gasteiger partial charge in [-0.3, -0.25) is 0 Å². The topological polar surface area (TPSA) is 21.3 Å². The number of rotatable bonds is 6. The van der Waals surface area contributed by atoms with Gasteiger partial charge in [0.25, 0.3) is 0 Å². The van der Waals surface area contributed by atoms with E-state index in [1.54, 1.807) is 0 Å². The van der Waals surface area contributed by atoms with Gasteiger partial charge >= 0.3 is 0 Å². The molecule has 1 N–H and O–H groups in total. The molecule has 0 saturated heterocycles. The molecule has 2 nitrogen and oxygen atoms in total. The van der Waals surface area contributed by atoms with E-state index in [1.807, 2.05) is 49.4 Å². The van der Waals surface area contributed by atoms with Gasteiger partial charge in [-0.05, 0) is 25.1 Å². The van der Waals surface area contributed by atoms with E-state index in [9.17, 15) is 0 Å². The van der Waals surface area contributed by atoms with Gasteiger partial charge in [-0.25, -0.2) is 0 Å². The van der Waals surface area contributed by atoms with Gasteiger partial charge in [0.15, 0.2) is 0 Å². The lowest BCUT2D eigenvalue weighted by Gasteiger charge is -2.13. The lowest BCUT2D eigenvalue weighted by Crippen LogP contribution is -2.04. The van der Waals surface area contributed by atoms with Gasteiger partial charge < -0.3 is 10.1 Å². The molecule has 2 rings (SSSR count). The van der Waals surface area contributed by atoms with Gasteiger partial charge in [0.05, 0.1) is 6.61 Å². The standard InChI is InChI=1S/C16H17Cl2NO/c1-2-20-11-12-6-3-4-9-16(12)19-10-13-14(17)7-5-8-15(13)18/h3-9,19H,2,10-11H2,1H3. The van der Waals surface area contributed by atoms with Gasteiger partial charge in [0.2, 0.25) is 0 Å². The van der Waals surface area contributed by atoms with Crippen LogP contribution in [-0.2, 0) is 17.9 Å². The summed E-state index contributed by atoms with van der Waals surface area (Å²) in [4.78, 5) is 0. The summed E-state index contributed by atoms with van der Waals surface area (Å²) in [7, 11) is 0. The Labute approximate surface area is 129 Å². The molecule has 4 heteroatoms. The molecule has 20 heavy (non-hydrogen) atoms. The summed E-state index contributed by atoms with van der Waals surface area (Å²) in [5, 5.41) is 4.72. The first-order valence-corrected chi connectivity index (χ1v) is 7.30. The predicted molar refractivity (Wildman–Crippen MR) is 85.6 cm³/mol. The molecule has 2 aromatic rings. The molecule has 2 aromatic carbocycles. The third-order valence-corrected chi connectivity index (χ3v) is 3.70. The summed E-state index contributed by atoms with van der Waals surface area (Å²) in [6, 6.07) is 13.6. The Morgan fingerprint density at radius 2 is 1.70 bits per heavy atom. The fraction of sp³-hybridized carbons (Fsp3) is 0.250. The molecule has 0 radical (unpaired) electrons. The quantitative estimate of drug-likeness (QED) is 0.797. The molecular formula is C16H17Cl2NO. The van der Waals surface area contributed by atoms with Gasteiger partial charge in [0.1, 0.15) is 0 Å². The summed E-state index contributed by atoms with van der Waals surface area (Å²) in [6.07, 6.45) is 0. The molecule has 0 aliphatic heterocycles. The third-order valence-electron chi connectivity index (χ3n) is 3.00. The summed E-state index contributed by atoms with van der Waals surface area (Å²) >= 11 is 12.3. The van der Waals surface area contributed by atoms with Crippen molar-refractivity contribution < 1.29 is 4.74 Å². The second kappa shape index (κ2) is 7.53. The average Bonchev–Trinajstić information content (AvgIpc) is 2.45. The maximum Gasteiger partial charge on any atom is 0.0736 e. The summed E-state index contributed by atoms with van der Waals surface area (Å²) < 4.78 is 5.47. The number of ether oxygens (including phenoxy) is 1. The van der Waals surface area contributed by atoms with Crippen LogP contribution in [0.15, 0.2) is 42.5 Å². The fourth-order valence-electron chi connectivity index (χ4n) is 1.92. The molecule has 0 spiro atoms. The molecule has 0 aliphatic carbocycles. The summed E-state index contributed by atoms with van der Waals surface area (Å²) in [5.41, 5.74) is 3.07. The smallest absolute Gasteiger partial charge is 0.0736 e. The van der Waals surface area contributed by atoms with E-state index in [1.165, 1.54) is 0 Å². The number of hydrogen-bond acceptors (Lipinski definition) is 2. The van der Waals surface area contributed by atoms with E-state index < -0.39 is 0 Å². The van der Waals surface area contributed by atoms with Crippen molar-refractivity contribution in [2.24, 2.45) is 0 Å². The Hall–Kier alpha value is -1.22. The lowest BCUT2D eigenvalue weighted by atomic mass is 10.1. The number of nitrogens with one attached hydrogen (secondary N) is 1. The Bertz CT molecular complexity index is 552. The Kier molecular flexibility index (Phi) is 5.72. The fourth-order valence-corrected chi connectivity index (χ4v) is 2.45. The highest BCUT2D eigenvalue weighted by molar-refractivity contribution is 6.36. The predicted octanol–water partition coefficient (Wildman–Crippen LogP) is 5.14. The van der Waals surface area contributed by atoms with E-state index in [2.05, 4.69) is 5.32 Å². The van der Waals surface area contributed by atoms with Crippen LogP contribution >= 0.6 is 23.2 Å². The maximum absolute atomic E-state index is 6.17. The van der Waals surface area contributed by atoms with Gasteiger partial charge in [-0.2, -0.15) is 0 Å². The summed E-state index contributed by atoms with van der Waals surface area (Å²) in [6.45, 7) is 3.86. The van der Waals surface area contributed by atoms with Crippen molar-refractivity contribution in [3.05, 3.63) is 63.6 Å². The molecule has 106 valence electrons. The number of para-hydroxylation sites is 1. The number of halogens is 2. The monoisotopic (exact) mass is 309 g/mol. The van der Waals surface area contributed by atoms with Crippen LogP contribution in [0.1, 0.15) is 18.1 Å². The zero-order valence-corrected chi connectivity index (χ0v) is 12.8. The lowest BCUT2D eigenvalue weighted by molar-refractivity contribution is 0.134. The highest BCUT2D eigenvalue weighted by Crippen LogP contribution is 2.26. The van der Waals surface area contributed by atoms with E-state index in [0.717, 1.165) is 16.8 Å². The molecule has 0 fully saturated rings. The minimum absolute atomic E-state index is 0.585. The first-order chi connectivity index (χ1) is 9.72. The minimum atomic E-state index is 0.585. The maximum atomic E-state index is 6.17. The normalized spacial score (nSPS) is 10.6. The van der Waals surface area contributed by atoms with E-state index in [0.29, 0.717) is 29.8 Å². The SMILES string of the molecule is CCOCc1ccccc1NCc1c(Cl)cccc1Cl. The third kappa shape index (κ3) is 3.89. The Balaban J connectivity index is 2.11. The van der Waals surface area contributed by atoms with Crippen LogP contribution in [0.4, 0.5) is 5.69 Å². The van der Waals surface area contributed by atoms with Crippen molar-refractivity contribution in [1.29, 1.82) is 0 Å². The van der Waals surface area contributed by atoms with E-state index in [-0.39, 0.29) is 0 Å². The first-order valence-electron chi connectivity index (χ1n) is 6.54. The highest BCUT2D eigenvalue weighted by Gasteiger charge is 2.07. The number of anilines is 1.